The van der Waals surface area contributed by atoms with E-state index in [2.05, 4.69) is 5.32 Å². The zero-order chi connectivity index (χ0) is 16.4. The Labute approximate surface area is 136 Å². The summed E-state index contributed by atoms with van der Waals surface area (Å²) in [5, 5.41) is 10.8. The predicted octanol–water partition coefficient (Wildman–Crippen LogP) is 3.02. The highest BCUT2D eigenvalue weighted by Gasteiger charge is 2.41. The van der Waals surface area contributed by atoms with Crippen molar-refractivity contribution in [3.63, 3.8) is 0 Å². The highest BCUT2D eigenvalue weighted by Crippen LogP contribution is 2.32. The smallest absolute Gasteiger partial charge is 0.337 e. The fourth-order valence-corrected chi connectivity index (χ4v) is 3.14. The monoisotopic (exact) mass is 328 g/mol. The molecule has 23 heavy (non-hydrogen) atoms. The van der Waals surface area contributed by atoms with Gasteiger partial charge in [0, 0.05) is 5.69 Å². The van der Waals surface area contributed by atoms with Crippen molar-refractivity contribution in [3.8, 4) is 0 Å². The Balaban J connectivity index is 1.85. The Morgan fingerprint density at radius 2 is 1.70 bits per heavy atom. The highest BCUT2D eigenvalue weighted by molar-refractivity contribution is 8.16. The summed E-state index contributed by atoms with van der Waals surface area (Å²) in [4.78, 5) is 36.9. The number of hydrogen-bond donors (Lipinski definition) is 2. The van der Waals surface area contributed by atoms with E-state index in [9.17, 15) is 19.5 Å². The molecule has 0 aromatic heterocycles. The molecule has 0 aliphatic carbocycles. The molecule has 6 nitrogen and oxygen atoms in total. The van der Waals surface area contributed by atoms with E-state index < -0.39 is 22.5 Å². The third kappa shape index (κ3) is 2.91. The zero-order valence-corrected chi connectivity index (χ0v) is 12.6. The first-order valence-corrected chi connectivity index (χ1v) is 7.64. The summed E-state index contributed by atoms with van der Waals surface area (Å²) in [6.07, 6.45) is 0. The molecule has 2 aromatic carbocycles. The maximum atomic E-state index is 12.5. The number of nitrogens with one attached hydrogen (secondary N) is 1. The predicted molar refractivity (Wildman–Crippen MR) is 87.7 cm³/mol. The van der Waals surface area contributed by atoms with E-state index in [1.165, 1.54) is 6.07 Å². The van der Waals surface area contributed by atoms with Gasteiger partial charge in [0.25, 0.3) is 11.1 Å². The minimum absolute atomic E-state index is 0.0477. The number of nitrogens with zero attached hydrogens (tertiary/aromatic N) is 1. The van der Waals surface area contributed by atoms with Crippen LogP contribution in [0.2, 0.25) is 0 Å². The first-order valence-electron chi connectivity index (χ1n) is 6.76. The minimum atomic E-state index is -1.10. The second-order valence-electron chi connectivity index (χ2n) is 4.77. The Morgan fingerprint density at radius 1 is 1.04 bits per heavy atom. The number of benzene rings is 2. The molecule has 1 atom stereocenters. The molecule has 2 N–H and O–H groups in total. The summed E-state index contributed by atoms with van der Waals surface area (Å²) in [6.45, 7) is 0. The van der Waals surface area contributed by atoms with E-state index in [0.29, 0.717) is 11.4 Å². The van der Waals surface area contributed by atoms with Gasteiger partial charge in [0.05, 0.1) is 11.3 Å². The van der Waals surface area contributed by atoms with Crippen molar-refractivity contribution in [1.29, 1.82) is 0 Å². The van der Waals surface area contributed by atoms with Crippen molar-refractivity contribution < 1.29 is 19.5 Å². The van der Waals surface area contributed by atoms with Crippen molar-refractivity contribution in [2.24, 2.45) is 0 Å². The van der Waals surface area contributed by atoms with Crippen LogP contribution >= 0.6 is 11.8 Å². The molecule has 0 bridgehead atoms. The molecule has 1 aliphatic rings. The van der Waals surface area contributed by atoms with E-state index in [-0.39, 0.29) is 5.56 Å². The highest BCUT2D eigenvalue weighted by atomic mass is 32.2. The van der Waals surface area contributed by atoms with Gasteiger partial charge >= 0.3 is 5.97 Å². The van der Waals surface area contributed by atoms with Crippen LogP contribution in [0.5, 0.6) is 0 Å². The molecule has 1 saturated heterocycles. The Morgan fingerprint density at radius 3 is 2.39 bits per heavy atom. The van der Waals surface area contributed by atoms with Crippen LogP contribution in [0.3, 0.4) is 0 Å². The van der Waals surface area contributed by atoms with Gasteiger partial charge < -0.3 is 10.4 Å². The van der Waals surface area contributed by atoms with Crippen LogP contribution in [0.25, 0.3) is 0 Å². The van der Waals surface area contributed by atoms with Crippen LogP contribution < -0.4 is 10.2 Å². The van der Waals surface area contributed by atoms with Gasteiger partial charge in [0.1, 0.15) is 0 Å². The van der Waals surface area contributed by atoms with Gasteiger partial charge in [0.2, 0.25) is 0 Å². The average Bonchev–Trinajstić information content (AvgIpc) is 2.82. The number of rotatable bonds is 4. The van der Waals surface area contributed by atoms with Gasteiger partial charge in [-0.15, -0.1) is 0 Å². The zero-order valence-electron chi connectivity index (χ0n) is 11.8. The number of hydrogen-bond acceptors (Lipinski definition) is 5. The van der Waals surface area contributed by atoms with Gasteiger partial charge in [-0.25, -0.2) is 9.69 Å². The standard InChI is InChI=1S/C16H12N2O4S/c19-14-13(17-12-9-5-4-8-11(12)15(20)21)23-16(22)18(14)10-6-2-1-3-7-10/h1-9,13,17H,(H,20,21)/t13-/m0/s1. The summed E-state index contributed by atoms with van der Waals surface area (Å²) in [5.74, 6) is -1.53. The van der Waals surface area contributed by atoms with Gasteiger partial charge in [-0.1, -0.05) is 30.3 Å². The average molecular weight is 328 g/mol. The lowest BCUT2D eigenvalue weighted by Crippen LogP contribution is -2.34. The second kappa shape index (κ2) is 6.13. The number of amides is 2. The number of carbonyl (C=O) groups excluding carboxylic acids is 2. The number of carbonyl (C=O) groups is 3. The van der Waals surface area contributed by atoms with Gasteiger partial charge in [-0.3, -0.25) is 9.59 Å². The largest absolute Gasteiger partial charge is 0.478 e. The van der Waals surface area contributed by atoms with Crippen molar-refractivity contribution in [3.05, 3.63) is 60.2 Å². The topological polar surface area (TPSA) is 86.7 Å². The van der Waals surface area contributed by atoms with E-state index in [1.807, 2.05) is 0 Å². The summed E-state index contributed by atoms with van der Waals surface area (Å²) in [5.41, 5.74) is 0.839. The molecule has 0 radical (unpaired) electrons. The number of imide groups is 1. The van der Waals surface area contributed by atoms with E-state index in [0.717, 1.165) is 16.7 Å². The van der Waals surface area contributed by atoms with Crippen LogP contribution in [-0.2, 0) is 4.79 Å². The molecule has 0 saturated carbocycles. The molecule has 7 heteroatoms. The first-order chi connectivity index (χ1) is 11.1. The van der Waals surface area contributed by atoms with Gasteiger partial charge in [0.15, 0.2) is 5.37 Å². The molecule has 0 spiro atoms. The van der Waals surface area contributed by atoms with Crippen molar-refractivity contribution >= 4 is 40.3 Å². The molecule has 1 aliphatic heterocycles. The van der Waals surface area contributed by atoms with Crippen LogP contribution in [0.4, 0.5) is 16.2 Å². The number of aromatic carboxylic acids is 1. The Kier molecular flexibility index (Phi) is 4.03. The number of carboxylic acids is 1. The normalized spacial score (nSPS) is 17.4. The SMILES string of the molecule is O=C(O)c1ccccc1N[C@H]1SC(=O)N(c2ccccc2)C1=O. The molecule has 116 valence electrons. The maximum Gasteiger partial charge on any atom is 0.337 e. The molecule has 1 heterocycles. The summed E-state index contributed by atoms with van der Waals surface area (Å²) in [6, 6.07) is 14.9. The molecule has 3 rings (SSSR count). The van der Waals surface area contributed by atoms with Crippen molar-refractivity contribution in [1.82, 2.24) is 0 Å². The summed E-state index contributed by atoms with van der Waals surface area (Å²) in [7, 11) is 0. The Hall–Kier alpha value is -2.80. The van der Waals surface area contributed by atoms with Crippen molar-refractivity contribution in [2.45, 2.75) is 5.37 Å². The quantitative estimate of drug-likeness (QED) is 0.897. The lowest BCUT2D eigenvalue weighted by molar-refractivity contribution is -0.116. The first kappa shape index (κ1) is 15.1. The molecule has 0 unspecified atom stereocenters. The number of para-hydroxylation sites is 2. The molecule has 1 fully saturated rings. The third-order valence-corrected chi connectivity index (χ3v) is 4.24. The lowest BCUT2D eigenvalue weighted by Gasteiger charge is -2.15. The van der Waals surface area contributed by atoms with Crippen LogP contribution in [0.15, 0.2) is 54.6 Å². The molecular formula is C16H12N2O4S. The summed E-state index contributed by atoms with van der Waals surface area (Å²) >= 11 is 0.825. The maximum absolute atomic E-state index is 12.5. The third-order valence-electron chi connectivity index (χ3n) is 3.30. The minimum Gasteiger partial charge on any atom is -0.478 e. The fourth-order valence-electron chi connectivity index (χ4n) is 2.25. The molecule has 2 aromatic rings. The number of anilines is 2. The van der Waals surface area contributed by atoms with Crippen LogP contribution in [0.1, 0.15) is 10.4 Å². The number of thioether (sulfide) groups is 1. The van der Waals surface area contributed by atoms with Crippen LogP contribution in [-0.4, -0.2) is 27.6 Å². The lowest BCUT2D eigenvalue weighted by atomic mass is 10.2. The molecular weight excluding hydrogens is 316 g/mol. The van der Waals surface area contributed by atoms with Gasteiger partial charge in [-0.2, -0.15) is 0 Å². The van der Waals surface area contributed by atoms with Gasteiger partial charge in [-0.05, 0) is 36.0 Å². The Bertz CT molecular complexity index is 779. The molecule has 2 amide bonds. The van der Waals surface area contributed by atoms with E-state index >= 15 is 0 Å². The second-order valence-corrected chi connectivity index (χ2v) is 5.82. The van der Waals surface area contributed by atoms with Crippen molar-refractivity contribution in [2.75, 3.05) is 10.2 Å². The van der Waals surface area contributed by atoms with Crippen LogP contribution in [0, 0.1) is 0 Å². The number of carboxylic acid groups (broad SMARTS) is 1. The van der Waals surface area contributed by atoms with E-state index in [4.69, 9.17) is 0 Å². The fraction of sp³-hybridized carbons (Fsp3) is 0.0625. The summed E-state index contributed by atoms with van der Waals surface area (Å²) < 4.78 is 0. The van der Waals surface area contributed by atoms with E-state index in [1.54, 1.807) is 48.5 Å².